The average molecular weight is 337 g/mol. The molecule has 0 bridgehead atoms. The lowest BCUT2D eigenvalue weighted by molar-refractivity contribution is 0.102. The standard InChI is InChI=1S/C14H13BrN2O3/c1-8-5-12(18)10(7-16-8)14(19)17-9-3-4-13(20-2)11(15)6-9/h3-7H,1-2H3,(H,16,18)(H,17,19). The number of rotatable bonds is 3. The smallest absolute Gasteiger partial charge is 0.261 e. The van der Waals surface area contributed by atoms with Crippen LogP contribution in [0.15, 0.2) is 39.7 Å². The molecule has 0 saturated heterocycles. The quantitative estimate of drug-likeness (QED) is 0.905. The molecule has 0 unspecified atom stereocenters. The zero-order valence-electron chi connectivity index (χ0n) is 11.0. The molecule has 0 spiro atoms. The average Bonchev–Trinajstić information content (AvgIpc) is 2.38. The van der Waals surface area contributed by atoms with Crippen LogP contribution in [0.25, 0.3) is 0 Å². The second-order valence-corrected chi connectivity index (χ2v) is 5.05. The van der Waals surface area contributed by atoms with E-state index in [-0.39, 0.29) is 11.0 Å². The van der Waals surface area contributed by atoms with Crippen LogP contribution in [0.1, 0.15) is 16.1 Å². The Morgan fingerprint density at radius 2 is 2.10 bits per heavy atom. The first-order valence-electron chi connectivity index (χ1n) is 5.85. The number of ether oxygens (including phenoxy) is 1. The van der Waals surface area contributed by atoms with E-state index in [1.54, 1.807) is 32.2 Å². The van der Waals surface area contributed by atoms with Gasteiger partial charge in [0.05, 0.1) is 11.6 Å². The van der Waals surface area contributed by atoms with Crippen molar-refractivity contribution < 1.29 is 9.53 Å². The summed E-state index contributed by atoms with van der Waals surface area (Å²) in [6.07, 6.45) is 1.41. The summed E-state index contributed by atoms with van der Waals surface area (Å²) < 4.78 is 5.83. The molecular formula is C14H13BrN2O3. The number of aromatic amines is 1. The van der Waals surface area contributed by atoms with Crippen molar-refractivity contribution in [1.82, 2.24) is 4.98 Å². The van der Waals surface area contributed by atoms with Crippen LogP contribution in [0, 0.1) is 6.92 Å². The molecule has 5 nitrogen and oxygen atoms in total. The SMILES string of the molecule is COc1ccc(NC(=O)c2c[nH]c(C)cc2=O)cc1Br. The molecule has 1 heterocycles. The highest BCUT2D eigenvalue weighted by atomic mass is 79.9. The Hall–Kier alpha value is -2.08. The molecule has 2 rings (SSSR count). The van der Waals surface area contributed by atoms with Gasteiger partial charge in [0, 0.05) is 23.6 Å². The number of amides is 1. The third-order valence-corrected chi connectivity index (χ3v) is 3.33. The highest BCUT2D eigenvalue weighted by Crippen LogP contribution is 2.27. The minimum Gasteiger partial charge on any atom is -0.496 e. The lowest BCUT2D eigenvalue weighted by Gasteiger charge is -2.08. The summed E-state index contributed by atoms with van der Waals surface area (Å²) in [5, 5.41) is 2.67. The summed E-state index contributed by atoms with van der Waals surface area (Å²) in [5.74, 6) is 0.208. The number of H-pyrrole nitrogens is 1. The fourth-order valence-electron chi connectivity index (χ4n) is 1.69. The second-order valence-electron chi connectivity index (χ2n) is 4.20. The number of hydrogen-bond acceptors (Lipinski definition) is 3. The van der Waals surface area contributed by atoms with Crippen molar-refractivity contribution in [2.75, 3.05) is 12.4 Å². The van der Waals surface area contributed by atoms with Gasteiger partial charge in [-0.3, -0.25) is 9.59 Å². The predicted octanol–water partition coefficient (Wildman–Crippen LogP) is 2.71. The van der Waals surface area contributed by atoms with Gasteiger partial charge in [0.25, 0.3) is 5.91 Å². The monoisotopic (exact) mass is 336 g/mol. The summed E-state index contributed by atoms with van der Waals surface area (Å²) in [7, 11) is 1.56. The van der Waals surface area contributed by atoms with Crippen LogP contribution in [0.3, 0.4) is 0 Å². The van der Waals surface area contributed by atoms with Crippen molar-refractivity contribution in [2.24, 2.45) is 0 Å². The number of aromatic nitrogens is 1. The van der Waals surface area contributed by atoms with E-state index in [1.807, 2.05) is 0 Å². The van der Waals surface area contributed by atoms with E-state index in [1.165, 1.54) is 12.3 Å². The molecule has 2 N–H and O–H groups in total. The van der Waals surface area contributed by atoms with Crippen LogP contribution in [-0.2, 0) is 0 Å². The van der Waals surface area contributed by atoms with Crippen molar-refractivity contribution in [2.45, 2.75) is 6.92 Å². The van der Waals surface area contributed by atoms with E-state index in [0.717, 1.165) is 4.47 Å². The van der Waals surface area contributed by atoms with Crippen LogP contribution in [0.4, 0.5) is 5.69 Å². The first kappa shape index (κ1) is 14.3. The Bertz CT molecular complexity index is 710. The number of hydrogen-bond donors (Lipinski definition) is 2. The summed E-state index contributed by atoms with van der Waals surface area (Å²) in [6.45, 7) is 1.75. The van der Waals surface area contributed by atoms with Gasteiger partial charge < -0.3 is 15.0 Å². The van der Waals surface area contributed by atoms with Crippen molar-refractivity contribution in [3.05, 3.63) is 56.4 Å². The highest BCUT2D eigenvalue weighted by Gasteiger charge is 2.11. The number of pyridine rings is 1. The molecule has 1 aromatic heterocycles. The van der Waals surface area contributed by atoms with Crippen LogP contribution in [0.5, 0.6) is 5.75 Å². The lowest BCUT2D eigenvalue weighted by Crippen LogP contribution is -2.21. The van der Waals surface area contributed by atoms with Crippen molar-refractivity contribution in [1.29, 1.82) is 0 Å². The molecule has 0 aliphatic heterocycles. The molecule has 0 aliphatic carbocycles. The predicted molar refractivity (Wildman–Crippen MR) is 80.4 cm³/mol. The minimum atomic E-state index is -0.455. The molecule has 0 atom stereocenters. The fraction of sp³-hybridized carbons (Fsp3) is 0.143. The molecule has 1 aromatic carbocycles. The zero-order valence-corrected chi connectivity index (χ0v) is 12.6. The van der Waals surface area contributed by atoms with Gasteiger partial charge in [-0.25, -0.2) is 0 Å². The van der Waals surface area contributed by atoms with E-state index in [9.17, 15) is 9.59 Å². The summed E-state index contributed by atoms with van der Waals surface area (Å²) in [6, 6.07) is 6.51. The van der Waals surface area contributed by atoms with E-state index in [2.05, 4.69) is 26.2 Å². The molecule has 2 aromatic rings. The number of aryl methyl sites for hydroxylation is 1. The molecule has 104 valence electrons. The van der Waals surface area contributed by atoms with E-state index >= 15 is 0 Å². The molecular weight excluding hydrogens is 324 g/mol. The molecule has 0 radical (unpaired) electrons. The number of benzene rings is 1. The first-order chi connectivity index (χ1) is 9.51. The Balaban J connectivity index is 2.23. The number of carbonyl (C=O) groups is 1. The largest absolute Gasteiger partial charge is 0.496 e. The maximum absolute atomic E-state index is 12.0. The van der Waals surface area contributed by atoms with Crippen molar-refractivity contribution in [3.8, 4) is 5.75 Å². The summed E-state index contributed by atoms with van der Waals surface area (Å²) in [5.41, 5.74) is 1.04. The highest BCUT2D eigenvalue weighted by molar-refractivity contribution is 9.10. The van der Waals surface area contributed by atoms with Gasteiger partial charge >= 0.3 is 0 Å². The second kappa shape index (κ2) is 5.92. The number of nitrogens with one attached hydrogen (secondary N) is 2. The van der Waals surface area contributed by atoms with Gasteiger partial charge in [-0.15, -0.1) is 0 Å². The molecule has 1 amide bonds. The number of halogens is 1. The molecule has 0 aliphatic rings. The van der Waals surface area contributed by atoms with Gasteiger partial charge in [0.1, 0.15) is 11.3 Å². The fourth-order valence-corrected chi connectivity index (χ4v) is 2.23. The van der Waals surface area contributed by atoms with Crippen LogP contribution in [-0.4, -0.2) is 18.0 Å². The number of anilines is 1. The molecule has 0 fully saturated rings. The topological polar surface area (TPSA) is 71.2 Å². The van der Waals surface area contributed by atoms with Crippen molar-refractivity contribution >= 4 is 27.5 Å². The number of methoxy groups -OCH3 is 1. The Morgan fingerprint density at radius 1 is 1.35 bits per heavy atom. The van der Waals surface area contributed by atoms with E-state index in [4.69, 9.17) is 4.74 Å². The lowest BCUT2D eigenvalue weighted by atomic mass is 10.2. The van der Waals surface area contributed by atoms with E-state index in [0.29, 0.717) is 17.1 Å². The Morgan fingerprint density at radius 3 is 2.70 bits per heavy atom. The van der Waals surface area contributed by atoms with Gasteiger partial charge in [0.15, 0.2) is 5.43 Å². The van der Waals surface area contributed by atoms with Crippen LogP contribution in [0.2, 0.25) is 0 Å². The van der Waals surface area contributed by atoms with E-state index < -0.39 is 5.91 Å². The first-order valence-corrected chi connectivity index (χ1v) is 6.65. The number of carbonyl (C=O) groups excluding carboxylic acids is 1. The van der Waals surface area contributed by atoms with Gasteiger partial charge in [-0.2, -0.15) is 0 Å². The van der Waals surface area contributed by atoms with Gasteiger partial charge in [0.2, 0.25) is 0 Å². The van der Waals surface area contributed by atoms with Gasteiger partial charge in [-0.1, -0.05) is 0 Å². The summed E-state index contributed by atoms with van der Waals surface area (Å²) in [4.78, 5) is 26.6. The third-order valence-electron chi connectivity index (χ3n) is 2.71. The zero-order chi connectivity index (χ0) is 14.7. The van der Waals surface area contributed by atoms with Crippen LogP contribution < -0.4 is 15.5 Å². The Kier molecular flexibility index (Phi) is 4.24. The third kappa shape index (κ3) is 3.08. The molecule has 6 heteroatoms. The van der Waals surface area contributed by atoms with Crippen molar-refractivity contribution in [3.63, 3.8) is 0 Å². The Labute approximate surface area is 124 Å². The minimum absolute atomic E-state index is 0.0718. The van der Waals surface area contributed by atoms with Gasteiger partial charge in [-0.05, 0) is 41.1 Å². The maximum atomic E-state index is 12.0. The molecule has 20 heavy (non-hydrogen) atoms. The van der Waals surface area contributed by atoms with Crippen LogP contribution >= 0.6 is 15.9 Å². The maximum Gasteiger partial charge on any atom is 0.261 e. The normalized spacial score (nSPS) is 10.2. The molecule has 0 saturated carbocycles. The summed E-state index contributed by atoms with van der Waals surface area (Å²) >= 11 is 3.33.